The molecule has 7 nitrogen and oxygen atoms in total. The molecule has 24 heavy (non-hydrogen) atoms. The fourth-order valence-electron chi connectivity index (χ4n) is 2.76. The predicted octanol–water partition coefficient (Wildman–Crippen LogP) is 0.533. The van der Waals surface area contributed by atoms with Crippen LogP contribution in [0, 0.1) is 0 Å². The van der Waals surface area contributed by atoms with Crippen LogP contribution < -0.4 is 5.73 Å². The molecule has 2 aromatic rings. The van der Waals surface area contributed by atoms with Crippen LogP contribution in [0.2, 0.25) is 0 Å². The second-order valence-electron chi connectivity index (χ2n) is 5.72. The molecule has 0 spiro atoms. The van der Waals surface area contributed by atoms with E-state index in [-0.39, 0.29) is 5.91 Å². The zero-order chi connectivity index (χ0) is 16.9. The summed E-state index contributed by atoms with van der Waals surface area (Å²) in [6.45, 7) is 3.56. The fraction of sp³-hybridized carbons (Fsp3) is 0.294. The van der Waals surface area contributed by atoms with Crippen LogP contribution in [0.5, 0.6) is 0 Å². The molecule has 1 aliphatic rings. The summed E-state index contributed by atoms with van der Waals surface area (Å²) in [7, 11) is 0. The van der Waals surface area contributed by atoms with E-state index in [9.17, 15) is 9.59 Å². The summed E-state index contributed by atoms with van der Waals surface area (Å²) in [5.74, 6) is -0.505. The minimum atomic E-state index is -0.420. The van der Waals surface area contributed by atoms with Crippen LogP contribution in [0.4, 0.5) is 0 Å². The van der Waals surface area contributed by atoms with Crippen LogP contribution >= 0.6 is 0 Å². The lowest BCUT2D eigenvalue weighted by Gasteiger charge is -2.34. The first-order valence-corrected chi connectivity index (χ1v) is 7.80. The van der Waals surface area contributed by atoms with E-state index in [0.29, 0.717) is 24.3 Å². The first-order chi connectivity index (χ1) is 11.6. The van der Waals surface area contributed by atoms with Crippen molar-refractivity contribution in [2.24, 2.45) is 5.73 Å². The summed E-state index contributed by atoms with van der Waals surface area (Å²) in [6, 6.07) is 7.34. The topological polar surface area (TPSA) is 92.4 Å². The summed E-state index contributed by atoms with van der Waals surface area (Å²) in [4.78, 5) is 35.6. The highest BCUT2D eigenvalue weighted by atomic mass is 16.2. The van der Waals surface area contributed by atoms with Crippen molar-refractivity contribution in [3.63, 3.8) is 0 Å². The van der Waals surface area contributed by atoms with Gasteiger partial charge in [0, 0.05) is 50.7 Å². The fourth-order valence-corrected chi connectivity index (χ4v) is 2.76. The summed E-state index contributed by atoms with van der Waals surface area (Å²) in [5, 5.41) is 0. The Kier molecular flexibility index (Phi) is 4.81. The molecule has 3 rings (SSSR count). The molecule has 0 saturated carbocycles. The largest absolute Gasteiger partial charge is 0.366 e. The first kappa shape index (κ1) is 16.1. The molecule has 0 aliphatic carbocycles. The number of rotatable bonds is 4. The first-order valence-electron chi connectivity index (χ1n) is 7.80. The Morgan fingerprint density at radius 3 is 2.58 bits per heavy atom. The molecular weight excluding hydrogens is 306 g/mol. The summed E-state index contributed by atoms with van der Waals surface area (Å²) in [6.07, 6.45) is 4.56. The Balaban J connectivity index is 1.56. The molecule has 124 valence electrons. The molecule has 1 aromatic heterocycles. The van der Waals surface area contributed by atoms with Crippen molar-refractivity contribution in [3.05, 3.63) is 59.7 Å². The van der Waals surface area contributed by atoms with Crippen LogP contribution in [-0.4, -0.2) is 57.8 Å². The molecule has 1 fully saturated rings. The molecule has 1 aliphatic heterocycles. The van der Waals surface area contributed by atoms with E-state index in [1.165, 1.54) is 12.4 Å². The van der Waals surface area contributed by atoms with Crippen molar-refractivity contribution < 1.29 is 9.59 Å². The van der Waals surface area contributed by atoms with Gasteiger partial charge < -0.3 is 10.6 Å². The van der Waals surface area contributed by atoms with E-state index in [2.05, 4.69) is 14.9 Å². The monoisotopic (exact) mass is 325 g/mol. The van der Waals surface area contributed by atoms with Gasteiger partial charge in [0.15, 0.2) is 0 Å². The van der Waals surface area contributed by atoms with E-state index < -0.39 is 5.91 Å². The van der Waals surface area contributed by atoms with E-state index in [0.717, 1.165) is 25.2 Å². The van der Waals surface area contributed by atoms with Gasteiger partial charge in [-0.05, 0) is 17.7 Å². The van der Waals surface area contributed by atoms with Crippen molar-refractivity contribution in [1.82, 2.24) is 19.8 Å². The summed E-state index contributed by atoms with van der Waals surface area (Å²) < 4.78 is 0. The number of benzene rings is 1. The van der Waals surface area contributed by atoms with Crippen molar-refractivity contribution in [2.45, 2.75) is 6.54 Å². The summed E-state index contributed by atoms with van der Waals surface area (Å²) in [5.41, 5.74) is 7.25. The number of carbonyl (C=O) groups excluding carboxylic acids is 2. The molecule has 1 saturated heterocycles. The molecule has 2 N–H and O–H groups in total. The Hall–Kier alpha value is -2.80. The lowest BCUT2D eigenvalue weighted by molar-refractivity contribution is 0.0622. The molecule has 0 atom stereocenters. The highest BCUT2D eigenvalue weighted by Gasteiger charge is 2.23. The number of primary amides is 1. The molecule has 2 amide bonds. The highest BCUT2D eigenvalue weighted by molar-refractivity contribution is 5.93. The van der Waals surface area contributed by atoms with Crippen molar-refractivity contribution in [2.75, 3.05) is 26.2 Å². The Morgan fingerprint density at radius 1 is 1.12 bits per heavy atom. The van der Waals surface area contributed by atoms with Gasteiger partial charge in [0.2, 0.25) is 5.91 Å². The third kappa shape index (κ3) is 3.75. The van der Waals surface area contributed by atoms with E-state index in [1.54, 1.807) is 17.2 Å². The third-order valence-corrected chi connectivity index (χ3v) is 4.06. The molecule has 0 radical (unpaired) electrons. The second-order valence-corrected chi connectivity index (χ2v) is 5.72. The van der Waals surface area contributed by atoms with Crippen molar-refractivity contribution in [3.8, 4) is 0 Å². The zero-order valence-corrected chi connectivity index (χ0v) is 13.3. The molecule has 0 unspecified atom stereocenters. The average Bonchev–Trinajstić information content (AvgIpc) is 2.63. The second kappa shape index (κ2) is 7.18. The number of piperazine rings is 1. The van der Waals surface area contributed by atoms with Crippen molar-refractivity contribution >= 4 is 11.8 Å². The quantitative estimate of drug-likeness (QED) is 0.885. The molecule has 2 heterocycles. The number of hydrogen-bond acceptors (Lipinski definition) is 5. The van der Waals surface area contributed by atoms with E-state index >= 15 is 0 Å². The lowest BCUT2D eigenvalue weighted by atomic mass is 10.1. The van der Waals surface area contributed by atoms with Gasteiger partial charge in [-0.2, -0.15) is 0 Å². The van der Waals surface area contributed by atoms with Crippen LogP contribution in [-0.2, 0) is 6.54 Å². The average molecular weight is 325 g/mol. The Morgan fingerprint density at radius 2 is 1.92 bits per heavy atom. The number of nitrogens with zero attached hydrogens (tertiary/aromatic N) is 4. The van der Waals surface area contributed by atoms with Gasteiger partial charge in [0.25, 0.3) is 5.91 Å². The van der Waals surface area contributed by atoms with Gasteiger partial charge in [0.1, 0.15) is 5.69 Å². The SMILES string of the molecule is NC(=O)c1cccc(CN2CCN(C(=O)c3cnccn3)CC2)c1. The van der Waals surface area contributed by atoms with Crippen LogP contribution in [0.1, 0.15) is 26.4 Å². The molecule has 1 aromatic carbocycles. The zero-order valence-electron chi connectivity index (χ0n) is 13.3. The highest BCUT2D eigenvalue weighted by Crippen LogP contribution is 2.12. The van der Waals surface area contributed by atoms with Gasteiger partial charge >= 0.3 is 0 Å². The van der Waals surface area contributed by atoms with Crippen LogP contribution in [0.3, 0.4) is 0 Å². The number of aromatic nitrogens is 2. The van der Waals surface area contributed by atoms with Gasteiger partial charge in [-0.25, -0.2) is 4.98 Å². The maximum atomic E-state index is 12.3. The lowest BCUT2D eigenvalue weighted by Crippen LogP contribution is -2.48. The molecule has 0 bridgehead atoms. The van der Waals surface area contributed by atoms with E-state index in [4.69, 9.17) is 5.73 Å². The number of carbonyl (C=O) groups is 2. The van der Waals surface area contributed by atoms with Gasteiger partial charge in [-0.15, -0.1) is 0 Å². The predicted molar refractivity (Wildman–Crippen MR) is 88.2 cm³/mol. The minimum absolute atomic E-state index is 0.0847. The standard InChI is InChI=1S/C17H19N5O2/c18-16(23)14-3-1-2-13(10-14)12-21-6-8-22(9-7-21)17(24)15-11-19-4-5-20-15/h1-5,10-11H,6-9,12H2,(H2,18,23). The van der Waals surface area contributed by atoms with Crippen LogP contribution in [0.25, 0.3) is 0 Å². The third-order valence-electron chi connectivity index (χ3n) is 4.06. The minimum Gasteiger partial charge on any atom is -0.366 e. The Labute approximate surface area is 140 Å². The summed E-state index contributed by atoms with van der Waals surface area (Å²) >= 11 is 0. The van der Waals surface area contributed by atoms with Crippen molar-refractivity contribution in [1.29, 1.82) is 0 Å². The number of nitrogens with two attached hydrogens (primary N) is 1. The van der Waals surface area contributed by atoms with E-state index in [1.807, 2.05) is 18.2 Å². The maximum Gasteiger partial charge on any atom is 0.274 e. The van der Waals surface area contributed by atoms with Crippen LogP contribution in [0.15, 0.2) is 42.9 Å². The molecule has 7 heteroatoms. The molecular formula is C17H19N5O2. The Bertz CT molecular complexity index is 727. The van der Waals surface area contributed by atoms with Gasteiger partial charge in [-0.1, -0.05) is 12.1 Å². The number of hydrogen-bond donors (Lipinski definition) is 1. The van der Waals surface area contributed by atoms with Gasteiger partial charge in [0.05, 0.1) is 6.20 Å². The normalized spacial score (nSPS) is 15.2. The maximum absolute atomic E-state index is 12.3. The smallest absolute Gasteiger partial charge is 0.274 e. The number of amides is 2. The van der Waals surface area contributed by atoms with Gasteiger partial charge in [-0.3, -0.25) is 19.5 Å².